The first-order valence-corrected chi connectivity index (χ1v) is 6.49. The average Bonchev–Trinajstić information content (AvgIpc) is 2.99. The molecular weight excluding hydrogens is 272 g/mol. The number of pyridine rings is 1. The van der Waals surface area contributed by atoms with Crippen molar-refractivity contribution < 1.29 is 19.0 Å². The number of benzene rings is 1. The van der Waals surface area contributed by atoms with Crippen LogP contribution in [-0.2, 0) is 11.3 Å². The molecule has 0 atom stereocenters. The number of carbonyl (C=O) groups is 1. The Kier molecular flexibility index (Phi) is 3.86. The minimum absolute atomic E-state index is 0.0509. The van der Waals surface area contributed by atoms with Crippen LogP contribution in [0.5, 0.6) is 17.2 Å². The molecule has 0 bridgehead atoms. The summed E-state index contributed by atoms with van der Waals surface area (Å²) in [4.78, 5) is 15.6. The fraction of sp³-hybridized carbons (Fsp3) is 0.200. The third-order valence-corrected chi connectivity index (χ3v) is 2.95. The van der Waals surface area contributed by atoms with Gasteiger partial charge in [0.05, 0.1) is 0 Å². The minimum atomic E-state index is -0.190. The second kappa shape index (κ2) is 6.13. The van der Waals surface area contributed by atoms with Crippen LogP contribution in [-0.4, -0.2) is 24.3 Å². The fourth-order valence-corrected chi connectivity index (χ4v) is 1.87. The van der Waals surface area contributed by atoms with Crippen molar-refractivity contribution in [3.8, 4) is 17.2 Å². The van der Waals surface area contributed by atoms with Crippen molar-refractivity contribution in [1.82, 2.24) is 10.3 Å². The number of ether oxygens (including phenoxy) is 3. The molecule has 0 aliphatic carbocycles. The minimum Gasteiger partial charge on any atom is -0.484 e. The highest BCUT2D eigenvalue weighted by Gasteiger charge is 2.14. The van der Waals surface area contributed by atoms with Gasteiger partial charge in [-0.2, -0.15) is 0 Å². The van der Waals surface area contributed by atoms with E-state index in [0.29, 0.717) is 23.8 Å². The molecule has 1 aromatic heterocycles. The van der Waals surface area contributed by atoms with Crippen LogP contribution >= 0.6 is 0 Å². The van der Waals surface area contributed by atoms with Gasteiger partial charge in [0.2, 0.25) is 6.79 Å². The Morgan fingerprint density at radius 1 is 1.19 bits per heavy atom. The number of amides is 1. The molecule has 0 saturated carbocycles. The predicted octanol–water partition coefficient (Wildman–Crippen LogP) is 1.51. The lowest BCUT2D eigenvalue weighted by molar-refractivity contribution is -0.123. The highest BCUT2D eigenvalue weighted by atomic mass is 16.7. The smallest absolute Gasteiger partial charge is 0.258 e. The number of aromatic nitrogens is 1. The zero-order chi connectivity index (χ0) is 14.5. The lowest BCUT2D eigenvalue weighted by atomic mass is 10.3. The van der Waals surface area contributed by atoms with E-state index in [4.69, 9.17) is 14.2 Å². The predicted molar refractivity (Wildman–Crippen MR) is 74.1 cm³/mol. The summed E-state index contributed by atoms with van der Waals surface area (Å²) in [5, 5.41) is 2.77. The van der Waals surface area contributed by atoms with Gasteiger partial charge in [-0.05, 0) is 29.8 Å². The Labute approximate surface area is 121 Å². The van der Waals surface area contributed by atoms with Crippen molar-refractivity contribution in [3.63, 3.8) is 0 Å². The summed E-state index contributed by atoms with van der Waals surface area (Å²) in [5.74, 6) is 1.69. The summed E-state index contributed by atoms with van der Waals surface area (Å²) in [5.41, 5.74) is 0.987. The Bertz CT molecular complexity index is 631. The highest BCUT2D eigenvalue weighted by molar-refractivity contribution is 5.77. The topological polar surface area (TPSA) is 69.7 Å². The maximum atomic E-state index is 11.7. The Morgan fingerprint density at radius 3 is 2.86 bits per heavy atom. The summed E-state index contributed by atoms with van der Waals surface area (Å²) in [7, 11) is 0. The molecule has 0 fully saturated rings. The number of nitrogens with zero attached hydrogens (tertiary/aromatic N) is 1. The standard InChI is InChI=1S/C15H14N2O4/c18-15(17-8-11-3-5-16-6-4-11)9-19-12-1-2-13-14(7-12)21-10-20-13/h1-7H,8-10H2,(H,17,18). The second-order valence-electron chi connectivity index (χ2n) is 4.44. The number of hydrogen-bond acceptors (Lipinski definition) is 5. The number of hydrogen-bond donors (Lipinski definition) is 1. The van der Waals surface area contributed by atoms with Crippen molar-refractivity contribution in [2.24, 2.45) is 0 Å². The van der Waals surface area contributed by atoms with E-state index in [0.717, 1.165) is 5.56 Å². The van der Waals surface area contributed by atoms with Gasteiger partial charge < -0.3 is 19.5 Å². The largest absolute Gasteiger partial charge is 0.484 e. The third-order valence-electron chi connectivity index (χ3n) is 2.95. The van der Waals surface area contributed by atoms with Gasteiger partial charge in [-0.1, -0.05) is 0 Å². The van der Waals surface area contributed by atoms with E-state index in [-0.39, 0.29) is 19.3 Å². The number of rotatable bonds is 5. The molecule has 0 saturated heterocycles. The fourth-order valence-electron chi connectivity index (χ4n) is 1.87. The first kappa shape index (κ1) is 13.2. The quantitative estimate of drug-likeness (QED) is 0.902. The van der Waals surface area contributed by atoms with E-state index in [1.54, 1.807) is 30.6 Å². The summed E-state index contributed by atoms with van der Waals surface area (Å²) in [6.07, 6.45) is 3.37. The molecule has 6 heteroatoms. The number of carbonyl (C=O) groups excluding carboxylic acids is 1. The molecule has 1 aromatic carbocycles. The van der Waals surface area contributed by atoms with Crippen molar-refractivity contribution in [2.75, 3.05) is 13.4 Å². The monoisotopic (exact) mass is 286 g/mol. The van der Waals surface area contributed by atoms with Crippen molar-refractivity contribution in [2.45, 2.75) is 6.54 Å². The zero-order valence-electron chi connectivity index (χ0n) is 11.2. The number of fused-ring (bicyclic) bond motifs is 1. The normalized spacial score (nSPS) is 12.0. The van der Waals surface area contributed by atoms with Crippen LogP contribution in [0.4, 0.5) is 0 Å². The SMILES string of the molecule is O=C(COc1ccc2c(c1)OCO2)NCc1ccncc1. The summed E-state index contributed by atoms with van der Waals surface area (Å²) < 4.78 is 15.9. The van der Waals surface area contributed by atoms with Crippen molar-refractivity contribution in [1.29, 1.82) is 0 Å². The molecule has 3 rings (SSSR count). The molecule has 1 aliphatic rings. The van der Waals surface area contributed by atoms with Crippen LogP contribution in [0.3, 0.4) is 0 Å². The second-order valence-corrected chi connectivity index (χ2v) is 4.44. The van der Waals surface area contributed by atoms with E-state index in [1.807, 2.05) is 12.1 Å². The van der Waals surface area contributed by atoms with Gasteiger partial charge in [0.15, 0.2) is 18.1 Å². The van der Waals surface area contributed by atoms with E-state index in [2.05, 4.69) is 10.3 Å². The maximum Gasteiger partial charge on any atom is 0.258 e. The van der Waals surface area contributed by atoms with Gasteiger partial charge in [0.25, 0.3) is 5.91 Å². The van der Waals surface area contributed by atoms with E-state index >= 15 is 0 Å². The van der Waals surface area contributed by atoms with Crippen LogP contribution in [0.25, 0.3) is 0 Å². The number of nitrogens with one attached hydrogen (secondary N) is 1. The van der Waals surface area contributed by atoms with Gasteiger partial charge in [0, 0.05) is 25.0 Å². The molecule has 0 spiro atoms. The Balaban J connectivity index is 1.47. The highest BCUT2D eigenvalue weighted by Crippen LogP contribution is 2.34. The van der Waals surface area contributed by atoms with Crippen molar-refractivity contribution in [3.05, 3.63) is 48.3 Å². The summed E-state index contributed by atoms with van der Waals surface area (Å²) in [6.45, 7) is 0.613. The van der Waals surface area contributed by atoms with Gasteiger partial charge in [-0.3, -0.25) is 9.78 Å². The van der Waals surface area contributed by atoms with Gasteiger partial charge in [0.1, 0.15) is 5.75 Å². The molecule has 108 valence electrons. The Hall–Kier alpha value is -2.76. The molecule has 2 aromatic rings. The molecule has 21 heavy (non-hydrogen) atoms. The van der Waals surface area contributed by atoms with Gasteiger partial charge in [-0.25, -0.2) is 0 Å². The van der Waals surface area contributed by atoms with Crippen LogP contribution in [0.2, 0.25) is 0 Å². The van der Waals surface area contributed by atoms with Crippen LogP contribution in [0.15, 0.2) is 42.7 Å². The molecule has 1 N–H and O–H groups in total. The lowest BCUT2D eigenvalue weighted by Crippen LogP contribution is -2.28. The first-order valence-electron chi connectivity index (χ1n) is 6.49. The lowest BCUT2D eigenvalue weighted by Gasteiger charge is -2.08. The maximum absolute atomic E-state index is 11.7. The van der Waals surface area contributed by atoms with Crippen LogP contribution < -0.4 is 19.5 Å². The molecule has 2 heterocycles. The summed E-state index contributed by atoms with van der Waals surface area (Å²) in [6, 6.07) is 8.90. The first-order chi connectivity index (χ1) is 10.3. The van der Waals surface area contributed by atoms with E-state index < -0.39 is 0 Å². The molecule has 1 amide bonds. The molecule has 6 nitrogen and oxygen atoms in total. The third kappa shape index (κ3) is 3.42. The molecular formula is C15H14N2O4. The molecule has 1 aliphatic heterocycles. The summed E-state index contributed by atoms with van der Waals surface area (Å²) >= 11 is 0. The van der Waals surface area contributed by atoms with Crippen LogP contribution in [0, 0.1) is 0 Å². The van der Waals surface area contributed by atoms with Gasteiger partial charge >= 0.3 is 0 Å². The van der Waals surface area contributed by atoms with Crippen LogP contribution in [0.1, 0.15) is 5.56 Å². The van der Waals surface area contributed by atoms with E-state index in [1.165, 1.54) is 0 Å². The molecule has 0 radical (unpaired) electrons. The molecule has 0 unspecified atom stereocenters. The zero-order valence-corrected chi connectivity index (χ0v) is 11.2. The Morgan fingerprint density at radius 2 is 2.00 bits per heavy atom. The van der Waals surface area contributed by atoms with E-state index in [9.17, 15) is 4.79 Å². The average molecular weight is 286 g/mol. The van der Waals surface area contributed by atoms with Gasteiger partial charge in [-0.15, -0.1) is 0 Å². The van der Waals surface area contributed by atoms with Crippen molar-refractivity contribution >= 4 is 5.91 Å².